The minimum absolute atomic E-state index is 0.293. The van der Waals surface area contributed by atoms with Crippen molar-refractivity contribution in [1.29, 1.82) is 0 Å². The van der Waals surface area contributed by atoms with Crippen molar-refractivity contribution in [2.24, 2.45) is 0 Å². The number of carbonyl (C=O) groups is 1. The maximum absolute atomic E-state index is 12.0. The zero-order chi connectivity index (χ0) is 13.8. The van der Waals surface area contributed by atoms with E-state index in [2.05, 4.69) is 5.32 Å². The van der Waals surface area contributed by atoms with Gasteiger partial charge < -0.3 is 11.1 Å². The number of nitrogens with one attached hydrogen (secondary N) is 1. The molecule has 98 valence electrons. The Labute approximate surface area is 121 Å². The molecule has 3 nitrogen and oxygen atoms in total. The summed E-state index contributed by atoms with van der Waals surface area (Å²) in [4.78, 5) is 12.0. The Morgan fingerprint density at radius 2 is 1.63 bits per heavy atom. The Morgan fingerprint density at radius 1 is 1.05 bits per heavy atom. The van der Waals surface area contributed by atoms with Crippen molar-refractivity contribution in [1.82, 2.24) is 5.32 Å². The van der Waals surface area contributed by atoms with E-state index in [9.17, 15) is 4.79 Å². The molecule has 0 aliphatic heterocycles. The smallest absolute Gasteiger partial charge is 0.254 e. The van der Waals surface area contributed by atoms with E-state index < -0.39 is 0 Å². The fourth-order valence-corrected chi connectivity index (χ4v) is 2.19. The van der Waals surface area contributed by atoms with Gasteiger partial charge in [0.05, 0.1) is 15.6 Å². The molecule has 0 fully saturated rings. The fraction of sp³-hybridized carbons (Fsp3) is 0.0714. The lowest BCUT2D eigenvalue weighted by Crippen LogP contribution is -2.23. The van der Waals surface area contributed by atoms with Crippen LogP contribution < -0.4 is 11.1 Å². The van der Waals surface area contributed by atoms with Gasteiger partial charge in [0.15, 0.2) is 0 Å². The van der Waals surface area contributed by atoms with E-state index in [-0.39, 0.29) is 5.91 Å². The highest BCUT2D eigenvalue weighted by atomic mass is 35.5. The Kier molecular flexibility index (Phi) is 4.30. The van der Waals surface area contributed by atoms with E-state index in [0.29, 0.717) is 27.8 Å². The molecule has 0 saturated carbocycles. The molecule has 2 aromatic rings. The molecule has 5 heteroatoms. The van der Waals surface area contributed by atoms with Crippen LogP contribution in [0.25, 0.3) is 0 Å². The summed E-state index contributed by atoms with van der Waals surface area (Å²) < 4.78 is 0. The number of hydrogen-bond donors (Lipinski definition) is 2. The van der Waals surface area contributed by atoms with Crippen LogP contribution in [0.4, 0.5) is 5.69 Å². The van der Waals surface area contributed by atoms with Crippen LogP contribution in [0.5, 0.6) is 0 Å². The molecule has 0 unspecified atom stereocenters. The Bertz CT molecular complexity index is 577. The van der Waals surface area contributed by atoms with Crippen molar-refractivity contribution >= 4 is 34.8 Å². The lowest BCUT2D eigenvalue weighted by atomic mass is 10.2. The molecule has 0 spiro atoms. The number of carbonyl (C=O) groups excluding carboxylic acids is 1. The van der Waals surface area contributed by atoms with Gasteiger partial charge in [-0.1, -0.05) is 41.4 Å². The number of nitrogen functional groups attached to an aromatic ring is 1. The van der Waals surface area contributed by atoms with Crippen molar-refractivity contribution in [3.63, 3.8) is 0 Å². The molecule has 0 radical (unpaired) electrons. The first-order valence-electron chi connectivity index (χ1n) is 5.64. The highest BCUT2D eigenvalue weighted by Gasteiger charge is 2.13. The van der Waals surface area contributed by atoms with Crippen LogP contribution in [0, 0.1) is 0 Å². The molecule has 0 aliphatic carbocycles. The van der Waals surface area contributed by atoms with Gasteiger partial charge >= 0.3 is 0 Å². The molecule has 2 rings (SSSR count). The number of benzene rings is 2. The third kappa shape index (κ3) is 3.40. The summed E-state index contributed by atoms with van der Waals surface area (Å²) in [6.45, 7) is 0.390. The summed E-state index contributed by atoms with van der Waals surface area (Å²) in [6, 6.07) is 12.2. The second kappa shape index (κ2) is 5.95. The first-order chi connectivity index (χ1) is 9.08. The summed E-state index contributed by atoms with van der Waals surface area (Å²) in [5.41, 5.74) is 7.52. The van der Waals surface area contributed by atoms with Gasteiger partial charge in [-0.2, -0.15) is 0 Å². The topological polar surface area (TPSA) is 55.1 Å². The fourth-order valence-electron chi connectivity index (χ4n) is 1.62. The van der Waals surface area contributed by atoms with E-state index in [0.717, 1.165) is 5.56 Å². The van der Waals surface area contributed by atoms with Crippen LogP contribution in [-0.2, 0) is 6.54 Å². The molecule has 0 bridgehead atoms. The molecule has 0 aromatic heterocycles. The van der Waals surface area contributed by atoms with E-state index in [1.54, 1.807) is 30.3 Å². The van der Waals surface area contributed by atoms with Crippen LogP contribution in [-0.4, -0.2) is 5.91 Å². The minimum Gasteiger partial charge on any atom is -0.399 e. The second-order valence-corrected chi connectivity index (χ2v) is 4.84. The molecular weight excluding hydrogens is 283 g/mol. The van der Waals surface area contributed by atoms with Gasteiger partial charge in [0.25, 0.3) is 5.91 Å². The number of hydrogen-bond acceptors (Lipinski definition) is 2. The minimum atomic E-state index is -0.299. The van der Waals surface area contributed by atoms with Crippen LogP contribution in [0.15, 0.2) is 42.5 Å². The standard InChI is InChI=1S/C14H12Cl2N2O/c15-11-2-1-3-12(16)13(11)14(19)18-8-9-4-6-10(17)7-5-9/h1-7H,8,17H2,(H,18,19). The Balaban J connectivity index is 2.07. The average molecular weight is 295 g/mol. The first-order valence-corrected chi connectivity index (χ1v) is 6.40. The molecule has 0 heterocycles. The maximum Gasteiger partial charge on any atom is 0.254 e. The van der Waals surface area contributed by atoms with Crippen molar-refractivity contribution in [2.45, 2.75) is 6.54 Å². The quantitative estimate of drug-likeness (QED) is 0.851. The number of nitrogens with two attached hydrogens (primary N) is 1. The predicted molar refractivity (Wildman–Crippen MR) is 78.5 cm³/mol. The van der Waals surface area contributed by atoms with Crippen LogP contribution >= 0.6 is 23.2 Å². The Morgan fingerprint density at radius 3 is 2.21 bits per heavy atom. The zero-order valence-electron chi connectivity index (χ0n) is 9.99. The summed E-state index contributed by atoms with van der Waals surface area (Å²) in [5, 5.41) is 3.44. The van der Waals surface area contributed by atoms with Crippen molar-refractivity contribution in [3.8, 4) is 0 Å². The average Bonchev–Trinajstić information content (AvgIpc) is 2.38. The third-order valence-electron chi connectivity index (χ3n) is 2.62. The zero-order valence-corrected chi connectivity index (χ0v) is 11.5. The number of amides is 1. The van der Waals surface area contributed by atoms with Gasteiger partial charge in [-0.25, -0.2) is 0 Å². The molecule has 19 heavy (non-hydrogen) atoms. The number of anilines is 1. The van der Waals surface area contributed by atoms with Crippen LogP contribution in [0.1, 0.15) is 15.9 Å². The monoisotopic (exact) mass is 294 g/mol. The Hall–Kier alpha value is -1.71. The molecule has 3 N–H and O–H groups in total. The van der Waals surface area contributed by atoms with Gasteiger partial charge in [0.1, 0.15) is 0 Å². The largest absolute Gasteiger partial charge is 0.399 e. The summed E-state index contributed by atoms with van der Waals surface area (Å²) in [5.74, 6) is -0.299. The SMILES string of the molecule is Nc1ccc(CNC(=O)c2c(Cl)cccc2Cl)cc1. The number of rotatable bonds is 3. The van der Waals surface area contributed by atoms with Crippen LogP contribution in [0.3, 0.4) is 0 Å². The molecule has 0 aliphatic rings. The van der Waals surface area contributed by atoms with Gasteiger partial charge in [0, 0.05) is 12.2 Å². The van der Waals surface area contributed by atoms with Crippen molar-refractivity contribution < 1.29 is 4.79 Å². The maximum atomic E-state index is 12.0. The van der Waals surface area contributed by atoms with Gasteiger partial charge in [-0.3, -0.25) is 4.79 Å². The molecular formula is C14H12Cl2N2O. The highest BCUT2D eigenvalue weighted by Crippen LogP contribution is 2.24. The molecule has 0 saturated heterocycles. The van der Waals surface area contributed by atoms with Crippen molar-refractivity contribution in [2.75, 3.05) is 5.73 Å². The van der Waals surface area contributed by atoms with Crippen LogP contribution in [0.2, 0.25) is 10.0 Å². The highest BCUT2D eigenvalue weighted by molar-refractivity contribution is 6.39. The summed E-state index contributed by atoms with van der Waals surface area (Å²) in [7, 11) is 0. The van der Waals surface area contributed by atoms with Gasteiger partial charge in [-0.05, 0) is 29.8 Å². The third-order valence-corrected chi connectivity index (χ3v) is 3.25. The predicted octanol–water partition coefficient (Wildman–Crippen LogP) is 3.51. The molecule has 1 amide bonds. The van der Waals surface area contributed by atoms with E-state index >= 15 is 0 Å². The van der Waals surface area contributed by atoms with E-state index in [1.807, 2.05) is 12.1 Å². The normalized spacial score (nSPS) is 10.2. The summed E-state index contributed by atoms with van der Waals surface area (Å²) >= 11 is 11.9. The first kappa shape index (κ1) is 13.7. The second-order valence-electron chi connectivity index (χ2n) is 4.02. The van der Waals surface area contributed by atoms with Gasteiger partial charge in [-0.15, -0.1) is 0 Å². The van der Waals surface area contributed by atoms with E-state index in [4.69, 9.17) is 28.9 Å². The lowest BCUT2D eigenvalue weighted by molar-refractivity contribution is 0.0951. The van der Waals surface area contributed by atoms with Gasteiger partial charge in [0.2, 0.25) is 0 Å². The molecule has 2 aromatic carbocycles. The lowest BCUT2D eigenvalue weighted by Gasteiger charge is -2.08. The summed E-state index contributed by atoms with van der Waals surface area (Å²) in [6.07, 6.45) is 0. The number of halogens is 2. The van der Waals surface area contributed by atoms with Crippen molar-refractivity contribution in [3.05, 3.63) is 63.6 Å². The van der Waals surface area contributed by atoms with E-state index in [1.165, 1.54) is 0 Å². The molecule has 0 atom stereocenters.